The van der Waals surface area contributed by atoms with E-state index in [0.29, 0.717) is 41.7 Å². The van der Waals surface area contributed by atoms with Crippen LogP contribution in [-0.4, -0.2) is 51.5 Å². The fourth-order valence-corrected chi connectivity index (χ4v) is 2.88. The quantitative estimate of drug-likeness (QED) is 0.178. The van der Waals surface area contributed by atoms with E-state index >= 15 is 0 Å². The van der Waals surface area contributed by atoms with E-state index in [-0.39, 0.29) is 35.8 Å². The van der Waals surface area contributed by atoms with Gasteiger partial charge in [0.1, 0.15) is 0 Å². The maximum absolute atomic E-state index is 12.1. The van der Waals surface area contributed by atoms with Crippen LogP contribution in [0.3, 0.4) is 0 Å². The van der Waals surface area contributed by atoms with Gasteiger partial charge in [-0.1, -0.05) is 35.9 Å². The van der Waals surface area contributed by atoms with E-state index in [1.807, 2.05) is 18.2 Å². The molecule has 0 saturated heterocycles. The first-order valence-electron chi connectivity index (χ1n) is 9.33. The Kier molecular flexibility index (Phi) is 11.8. The van der Waals surface area contributed by atoms with Gasteiger partial charge in [0, 0.05) is 39.3 Å². The highest BCUT2D eigenvalue weighted by Crippen LogP contribution is 2.14. The molecule has 0 atom stereocenters. The largest absolute Gasteiger partial charge is 0.356 e. The Bertz CT molecular complexity index is 876. The minimum atomic E-state index is -0.212. The highest BCUT2D eigenvalue weighted by molar-refractivity contribution is 14.0. The predicted octanol–water partition coefficient (Wildman–Crippen LogP) is 2.46. The summed E-state index contributed by atoms with van der Waals surface area (Å²) in [6.07, 6.45) is 0.745. The Balaban J connectivity index is 0.00000450. The zero-order valence-electron chi connectivity index (χ0n) is 17.0. The molecule has 2 rings (SSSR count). The molecule has 0 radical (unpaired) electrons. The van der Waals surface area contributed by atoms with Gasteiger partial charge < -0.3 is 21.3 Å². The summed E-state index contributed by atoms with van der Waals surface area (Å²) in [6, 6.07) is 14.4. The van der Waals surface area contributed by atoms with E-state index in [9.17, 15) is 9.59 Å². The molecular formula is C21H27ClIN5O2. The van der Waals surface area contributed by atoms with E-state index in [0.717, 1.165) is 12.0 Å². The van der Waals surface area contributed by atoms with Gasteiger partial charge in [-0.2, -0.15) is 0 Å². The Morgan fingerprint density at radius 1 is 0.933 bits per heavy atom. The highest BCUT2D eigenvalue weighted by Gasteiger charge is 2.08. The summed E-state index contributed by atoms with van der Waals surface area (Å²) in [5, 5.41) is 12.2. The normalized spacial score (nSPS) is 10.6. The Labute approximate surface area is 199 Å². The first kappa shape index (κ1) is 25.7. The lowest BCUT2D eigenvalue weighted by Gasteiger charge is -2.13. The predicted molar refractivity (Wildman–Crippen MR) is 132 cm³/mol. The van der Waals surface area contributed by atoms with Crippen LogP contribution in [0.5, 0.6) is 0 Å². The molecule has 0 aromatic heterocycles. The molecule has 4 N–H and O–H groups in total. The number of nitrogens with one attached hydrogen (secondary N) is 4. The lowest BCUT2D eigenvalue weighted by molar-refractivity contribution is 0.0949. The maximum Gasteiger partial charge on any atom is 0.252 e. The summed E-state index contributed by atoms with van der Waals surface area (Å²) in [6.45, 7) is 1.60. The molecule has 0 aliphatic heterocycles. The van der Waals surface area contributed by atoms with E-state index in [1.54, 1.807) is 44.4 Å². The number of aliphatic imine (C=N–C) groups is 1. The number of carbonyl (C=O) groups excluding carboxylic acids is 2. The van der Waals surface area contributed by atoms with Crippen LogP contribution in [0.25, 0.3) is 0 Å². The standard InChI is InChI=1S/C21H26ClN5O2.HI/c1-23-19(28)16-7-5-6-15(14-16)10-11-26-21(24-2)27-13-12-25-20(29)17-8-3-4-9-18(17)22;/h3-9,14H,10-13H2,1-2H3,(H,23,28)(H,25,29)(H2,24,26,27);1H. The summed E-state index contributed by atoms with van der Waals surface area (Å²) >= 11 is 6.02. The third-order valence-electron chi connectivity index (χ3n) is 4.17. The molecule has 7 nitrogen and oxygen atoms in total. The first-order valence-corrected chi connectivity index (χ1v) is 9.71. The Morgan fingerprint density at radius 3 is 2.33 bits per heavy atom. The summed E-state index contributed by atoms with van der Waals surface area (Å²) in [5.41, 5.74) is 2.15. The van der Waals surface area contributed by atoms with Crippen molar-refractivity contribution in [2.24, 2.45) is 4.99 Å². The van der Waals surface area contributed by atoms with Gasteiger partial charge in [0.25, 0.3) is 11.8 Å². The third kappa shape index (κ3) is 8.19. The summed E-state index contributed by atoms with van der Waals surface area (Å²) in [4.78, 5) is 28.0. The second kappa shape index (κ2) is 13.8. The van der Waals surface area contributed by atoms with Crippen molar-refractivity contribution in [3.8, 4) is 0 Å². The van der Waals surface area contributed by atoms with E-state index < -0.39 is 0 Å². The number of halogens is 2. The van der Waals surface area contributed by atoms with Gasteiger partial charge in [-0.3, -0.25) is 14.6 Å². The van der Waals surface area contributed by atoms with Crippen LogP contribution in [0, 0.1) is 0 Å². The van der Waals surface area contributed by atoms with E-state index in [4.69, 9.17) is 11.6 Å². The fourth-order valence-electron chi connectivity index (χ4n) is 2.66. The van der Waals surface area contributed by atoms with Crippen molar-refractivity contribution in [1.82, 2.24) is 21.3 Å². The number of hydrogen-bond acceptors (Lipinski definition) is 3. The average molecular weight is 544 g/mol. The molecule has 0 aliphatic carbocycles. The van der Waals surface area contributed by atoms with Crippen LogP contribution in [0.4, 0.5) is 0 Å². The average Bonchev–Trinajstić information content (AvgIpc) is 2.75. The molecule has 2 aromatic carbocycles. The number of benzene rings is 2. The van der Waals surface area contributed by atoms with Gasteiger partial charge in [-0.25, -0.2) is 0 Å². The molecular weight excluding hydrogens is 517 g/mol. The van der Waals surface area contributed by atoms with Gasteiger partial charge in [-0.05, 0) is 36.2 Å². The lowest BCUT2D eigenvalue weighted by atomic mass is 10.1. The van der Waals surface area contributed by atoms with Gasteiger partial charge in [-0.15, -0.1) is 24.0 Å². The van der Waals surface area contributed by atoms with Gasteiger partial charge in [0.2, 0.25) is 0 Å². The monoisotopic (exact) mass is 543 g/mol. The molecule has 9 heteroatoms. The number of rotatable bonds is 8. The summed E-state index contributed by atoms with van der Waals surface area (Å²) in [5.74, 6) is 0.326. The Morgan fingerprint density at radius 2 is 1.63 bits per heavy atom. The number of nitrogens with zero attached hydrogens (tertiary/aromatic N) is 1. The SMILES string of the molecule is CN=C(NCCNC(=O)c1ccccc1Cl)NCCc1cccc(C(=O)NC)c1.I. The van der Waals surface area contributed by atoms with E-state index in [1.165, 1.54) is 0 Å². The number of carbonyl (C=O) groups is 2. The van der Waals surface area contributed by atoms with Crippen molar-refractivity contribution in [3.63, 3.8) is 0 Å². The first-order chi connectivity index (χ1) is 14.0. The second-order valence-electron chi connectivity index (χ2n) is 6.19. The van der Waals surface area contributed by atoms with Gasteiger partial charge >= 0.3 is 0 Å². The number of guanidine groups is 1. The van der Waals surface area contributed by atoms with Crippen LogP contribution in [0.2, 0.25) is 5.02 Å². The zero-order valence-corrected chi connectivity index (χ0v) is 20.1. The minimum Gasteiger partial charge on any atom is -0.356 e. The van der Waals surface area contributed by atoms with Crippen LogP contribution < -0.4 is 21.3 Å². The molecule has 0 fully saturated rings. The number of amides is 2. The fraction of sp³-hybridized carbons (Fsp3) is 0.286. The summed E-state index contributed by atoms with van der Waals surface area (Å²) in [7, 11) is 3.30. The third-order valence-corrected chi connectivity index (χ3v) is 4.50. The molecule has 2 amide bonds. The molecule has 0 heterocycles. The molecule has 0 spiro atoms. The lowest BCUT2D eigenvalue weighted by Crippen LogP contribution is -2.42. The summed E-state index contributed by atoms with van der Waals surface area (Å²) < 4.78 is 0. The topological polar surface area (TPSA) is 94.6 Å². The molecule has 0 unspecified atom stereocenters. The van der Waals surface area contributed by atoms with Gasteiger partial charge in [0.15, 0.2) is 5.96 Å². The van der Waals surface area contributed by atoms with Crippen molar-refractivity contribution in [2.45, 2.75) is 6.42 Å². The highest BCUT2D eigenvalue weighted by atomic mass is 127. The van der Waals surface area contributed by atoms with Crippen molar-refractivity contribution in [1.29, 1.82) is 0 Å². The molecule has 30 heavy (non-hydrogen) atoms. The molecule has 0 bridgehead atoms. The Hall–Kier alpha value is -2.33. The smallest absolute Gasteiger partial charge is 0.252 e. The van der Waals surface area contributed by atoms with Crippen molar-refractivity contribution in [2.75, 3.05) is 33.7 Å². The van der Waals surface area contributed by atoms with Crippen LogP contribution in [-0.2, 0) is 6.42 Å². The van der Waals surface area contributed by atoms with Crippen molar-refractivity contribution in [3.05, 3.63) is 70.2 Å². The second-order valence-corrected chi connectivity index (χ2v) is 6.60. The molecule has 0 saturated carbocycles. The van der Waals surface area contributed by atoms with Gasteiger partial charge in [0.05, 0.1) is 10.6 Å². The molecule has 162 valence electrons. The van der Waals surface area contributed by atoms with Crippen LogP contribution >= 0.6 is 35.6 Å². The molecule has 0 aliphatic rings. The van der Waals surface area contributed by atoms with Crippen molar-refractivity contribution >= 4 is 53.4 Å². The maximum atomic E-state index is 12.1. The van der Waals surface area contributed by atoms with Crippen LogP contribution in [0.1, 0.15) is 26.3 Å². The minimum absolute atomic E-state index is 0. The van der Waals surface area contributed by atoms with Crippen LogP contribution in [0.15, 0.2) is 53.5 Å². The zero-order chi connectivity index (χ0) is 21.1. The van der Waals surface area contributed by atoms with Crippen molar-refractivity contribution < 1.29 is 9.59 Å². The number of hydrogen-bond donors (Lipinski definition) is 4. The van der Waals surface area contributed by atoms with E-state index in [2.05, 4.69) is 26.3 Å². The molecule has 2 aromatic rings.